The summed E-state index contributed by atoms with van der Waals surface area (Å²) < 4.78 is 5.27. The first kappa shape index (κ1) is 13.5. The summed E-state index contributed by atoms with van der Waals surface area (Å²) in [6.07, 6.45) is 6.99. The molecule has 2 unspecified atom stereocenters. The minimum atomic E-state index is -0.704. The molecule has 2 N–H and O–H groups in total. The molecule has 0 aromatic carbocycles. The van der Waals surface area contributed by atoms with Crippen LogP contribution in [0.5, 0.6) is 0 Å². The van der Waals surface area contributed by atoms with Gasteiger partial charge in [-0.15, -0.1) is 0 Å². The largest absolute Gasteiger partial charge is 0.464 e. The van der Waals surface area contributed by atoms with Crippen molar-refractivity contribution in [3.8, 4) is 0 Å². The van der Waals surface area contributed by atoms with Crippen molar-refractivity contribution in [2.24, 2.45) is 11.7 Å². The zero-order valence-electron chi connectivity index (χ0n) is 10.6. The average Bonchev–Trinajstić information content (AvgIpc) is 2.23. The quantitative estimate of drug-likeness (QED) is 0.580. The van der Waals surface area contributed by atoms with Crippen molar-refractivity contribution in [2.75, 3.05) is 6.61 Å². The highest BCUT2D eigenvalue weighted by Crippen LogP contribution is 2.31. The summed E-state index contributed by atoms with van der Waals surface area (Å²) in [7, 11) is 0. The second kappa shape index (κ2) is 6.24. The fourth-order valence-corrected chi connectivity index (χ4v) is 2.44. The molecule has 0 aliphatic heterocycles. The van der Waals surface area contributed by atoms with E-state index < -0.39 is 5.54 Å². The van der Waals surface area contributed by atoms with Crippen LogP contribution < -0.4 is 5.73 Å². The molecule has 1 saturated carbocycles. The van der Waals surface area contributed by atoms with Gasteiger partial charge in [0.1, 0.15) is 5.54 Å². The zero-order chi connectivity index (χ0) is 12.0. The number of esters is 1. The maximum Gasteiger partial charge on any atom is 0.326 e. The Hall–Kier alpha value is -0.570. The van der Waals surface area contributed by atoms with Crippen molar-refractivity contribution < 1.29 is 9.53 Å². The molecule has 94 valence electrons. The van der Waals surface area contributed by atoms with E-state index >= 15 is 0 Å². The molecule has 0 aromatic rings. The summed E-state index contributed by atoms with van der Waals surface area (Å²) in [5.74, 6) is 0.358. The molecule has 1 aliphatic carbocycles. The van der Waals surface area contributed by atoms with Crippen molar-refractivity contribution in [1.29, 1.82) is 0 Å². The molecule has 1 fully saturated rings. The monoisotopic (exact) mass is 227 g/mol. The fraction of sp³-hybridized carbons (Fsp3) is 0.923. The lowest BCUT2D eigenvalue weighted by Gasteiger charge is -2.34. The number of unbranched alkanes of at least 4 members (excludes halogenated alkanes) is 2. The standard InChI is InChI=1S/C13H25NO2/c1-3-4-5-9-16-12(15)13(14)8-6-7-11(2)10-13/h11H,3-10,14H2,1-2H3. The number of hydrogen-bond acceptors (Lipinski definition) is 3. The lowest BCUT2D eigenvalue weighted by atomic mass is 9.77. The highest BCUT2D eigenvalue weighted by molar-refractivity contribution is 5.80. The maximum atomic E-state index is 11.9. The molecule has 0 heterocycles. The number of carbonyl (C=O) groups is 1. The van der Waals surface area contributed by atoms with Crippen molar-refractivity contribution >= 4 is 5.97 Å². The maximum absolute atomic E-state index is 11.9. The average molecular weight is 227 g/mol. The van der Waals surface area contributed by atoms with E-state index in [1.807, 2.05) is 0 Å². The van der Waals surface area contributed by atoms with E-state index in [2.05, 4.69) is 13.8 Å². The first-order chi connectivity index (χ1) is 7.58. The minimum Gasteiger partial charge on any atom is -0.464 e. The zero-order valence-corrected chi connectivity index (χ0v) is 10.6. The first-order valence-corrected chi connectivity index (χ1v) is 6.54. The van der Waals surface area contributed by atoms with Gasteiger partial charge in [0.2, 0.25) is 0 Å². The molecule has 0 spiro atoms. The number of rotatable bonds is 5. The Kier molecular flexibility index (Phi) is 5.26. The highest BCUT2D eigenvalue weighted by Gasteiger charge is 2.39. The second-order valence-corrected chi connectivity index (χ2v) is 5.20. The molecule has 0 amide bonds. The SMILES string of the molecule is CCCCCOC(=O)C1(N)CCCC(C)C1. The third kappa shape index (κ3) is 3.78. The van der Waals surface area contributed by atoms with Gasteiger partial charge < -0.3 is 10.5 Å². The van der Waals surface area contributed by atoms with E-state index in [0.29, 0.717) is 12.5 Å². The fourth-order valence-electron chi connectivity index (χ4n) is 2.44. The van der Waals surface area contributed by atoms with Crippen LogP contribution in [-0.2, 0) is 9.53 Å². The van der Waals surface area contributed by atoms with Crippen LogP contribution in [0.3, 0.4) is 0 Å². The number of carbonyl (C=O) groups excluding carboxylic acids is 1. The molecule has 3 nitrogen and oxygen atoms in total. The van der Waals surface area contributed by atoms with Crippen LogP contribution in [0, 0.1) is 5.92 Å². The van der Waals surface area contributed by atoms with Gasteiger partial charge in [0, 0.05) is 0 Å². The van der Waals surface area contributed by atoms with Crippen LogP contribution in [0.2, 0.25) is 0 Å². The van der Waals surface area contributed by atoms with Gasteiger partial charge >= 0.3 is 5.97 Å². The molecular weight excluding hydrogens is 202 g/mol. The van der Waals surface area contributed by atoms with E-state index in [-0.39, 0.29) is 5.97 Å². The summed E-state index contributed by atoms with van der Waals surface area (Å²) in [5, 5.41) is 0. The topological polar surface area (TPSA) is 52.3 Å². The van der Waals surface area contributed by atoms with E-state index in [1.165, 1.54) is 6.42 Å². The second-order valence-electron chi connectivity index (χ2n) is 5.20. The van der Waals surface area contributed by atoms with E-state index in [1.54, 1.807) is 0 Å². The number of ether oxygens (including phenoxy) is 1. The van der Waals surface area contributed by atoms with Gasteiger partial charge in [0.15, 0.2) is 0 Å². The molecule has 0 bridgehead atoms. The third-order valence-corrected chi connectivity index (χ3v) is 3.42. The van der Waals surface area contributed by atoms with Crippen LogP contribution in [0.15, 0.2) is 0 Å². The number of hydrogen-bond donors (Lipinski definition) is 1. The summed E-state index contributed by atoms with van der Waals surface area (Å²) in [6.45, 7) is 4.82. The van der Waals surface area contributed by atoms with Crippen LogP contribution in [-0.4, -0.2) is 18.1 Å². The van der Waals surface area contributed by atoms with Crippen molar-refractivity contribution in [3.63, 3.8) is 0 Å². The third-order valence-electron chi connectivity index (χ3n) is 3.42. The molecule has 0 saturated heterocycles. The highest BCUT2D eigenvalue weighted by atomic mass is 16.5. The Morgan fingerprint density at radius 1 is 1.50 bits per heavy atom. The van der Waals surface area contributed by atoms with Crippen molar-refractivity contribution in [1.82, 2.24) is 0 Å². The minimum absolute atomic E-state index is 0.185. The van der Waals surface area contributed by atoms with Crippen molar-refractivity contribution in [2.45, 2.75) is 64.3 Å². The summed E-state index contributed by atoms with van der Waals surface area (Å²) in [6, 6.07) is 0. The van der Waals surface area contributed by atoms with Gasteiger partial charge in [-0.05, 0) is 25.2 Å². The van der Waals surface area contributed by atoms with Crippen LogP contribution in [0.25, 0.3) is 0 Å². The Morgan fingerprint density at radius 2 is 2.25 bits per heavy atom. The molecule has 2 atom stereocenters. The summed E-state index contributed by atoms with van der Waals surface area (Å²) in [4.78, 5) is 11.9. The number of nitrogens with two attached hydrogens (primary N) is 1. The van der Waals surface area contributed by atoms with Crippen molar-refractivity contribution in [3.05, 3.63) is 0 Å². The van der Waals surface area contributed by atoms with Crippen LogP contribution in [0.4, 0.5) is 0 Å². The predicted octanol–water partition coefficient (Wildman–Crippen LogP) is 2.63. The summed E-state index contributed by atoms with van der Waals surface area (Å²) >= 11 is 0. The normalized spacial score (nSPS) is 30.1. The van der Waals surface area contributed by atoms with Gasteiger partial charge in [-0.2, -0.15) is 0 Å². The Labute approximate surface area is 98.7 Å². The Morgan fingerprint density at radius 3 is 2.88 bits per heavy atom. The van der Waals surface area contributed by atoms with Gasteiger partial charge in [0.25, 0.3) is 0 Å². The molecule has 1 rings (SSSR count). The predicted molar refractivity (Wildman–Crippen MR) is 65.0 cm³/mol. The lowest BCUT2D eigenvalue weighted by Crippen LogP contribution is -2.52. The molecule has 3 heteroatoms. The Balaban J connectivity index is 2.33. The van der Waals surface area contributed by atoms with Crippen LogP contribution in [0.1, 0.15) is 58.8 Å². The van der Waals surface area contributed by atoms with Gasteiger partial charge in [0.05, 0.1) is 6.61 Å². The first-order valence-electron chi connectivity index (χ1n) is 6.54. The van der Waals surface area contributed by atoms with Gasteiger partial charge in [-0.1, -0.05) is 39.5 Å². The molecule has 0 radical (unpaired) electrons. The molecular formula is C13H25NO2. The summed E-state index contributed by atoms with van der Waals surface area (Å²) in [5.41, 5.74) is 5.43. The van der Waals surface area contributed by atoms with Gasteiger partial charge in [-0.3, -0.25) is 4.79 Å². The smallest absolute Gasteiger partial charge is 0.326 e. The van der Waals surface area contributed by atoms with E-state index in [4.69, 9.17) is 10.5 Å². The molecule has 1 aliphatic rings. The van der Waals surface area contributed by atoms with Crippen LogP contribution >= 0.6 is 0 Å². The lowest BCUT2D eigenvalue weighted by molar-refractivity contribution is -0.152. The van der Waals surface area contributed by atoms with E-state index in [9.17, 15) is 4.79 Å². The Bertz CT molecular complexity index is 230. The van der Waals surface area contributed by atoms with Gasteiger partial charge in [-0.25, -0.2) is 0 Å². The molecule has 16 heavy (non-hydrogen) atoms. The molecule has 0 aromatic heterocycles. The van der Waals surface area contributed by atoms with E-state index in [0.717, 1.165) is 38.5 Å².